The number of nitrogens with zero attached hydrogens (tertiary/aromatic N) is 1. The Labute approximate surface area is 129 Å². The van der Waals surface area contributed by atoms with Gasteiger partial charge in [-0.15, -0.1) is 0 Å². The number of nitrogens with two attached hydrogens (primary N) is 1. The lowest BCUT2D eigenvalue weighted by Gasteiger charge is -2.37. The van der Waals surface area contributed by atoms with Crippen LogP contribution in [0.4, 0.5) is 5.69 Å². The highest BCUT2D eigenvalue weighted by Crippen LogP contribution is 2.39. The van der Waals surface area contributed by atoms with Crippen LogP contribution in [-0.4, -0.2) is 19.1 Å². The molecule has 4 rings (SSSR count). The molecular weight excluding hydrogens is 276 g/mol. The number of hydrogen-bond acceptors (Lipinski definition) is 4. The molecule has 0 aliphatic carbocycles. The Morgan fingerprint density at radius 3 is 2.82 bits per heavy atom. The Hall–Kier alpha value is -1.81. The van der Waals surface area contributed by atoms with Gasteiger partial charge in [0.15, 0.2) is 0 Å². The third-order valence-corrected chi connectivity index (χ3v) is 4.83. The second-order valence-electron chi connectivity index (χ2n) is 6.72. The molecule has 3 heterocycles. The van der Waals surface area contributed by atoms with E-state index in [-0.39, 0.29) is 11.7 Å². The Bertz CT molecular complexity index is 790. The van der Waals surface area contributed by atoms with Gasteiger partial charge in [-0.2, -0.15) is 0 Å². The first kappa shape index (κ1) is 13.8. The van der Waals surface area contributed by atoms with Gasteiger partial charge >= 0.3 is 5.63 Å². The van der Waals surface area contributed by atoms with Gasteiger partial charge in [0.1, 0.15) is 5.58 Å². The number of fused-ring (bicyclic) bond motifs is 2. The molecule has 0 fully saturated rings. The summed E-state index contributed by atoms with van der Waals surface area (Å²) in [5, 5.41) is 1.06. The lowest BCUT2D eigenvalue weighted by Crippen LogP contribution is -2.34. The number of hydrogen-bond donors (Lipinski definition) is 1. The van der Waals surface area contributed by atoms with E-state index >= 15 is 0 Å². The summed E-state index contributed by atoms with van der Waals surface area (Å²) in [5.41, 5.74) is 11.1. The molecule has 0 spiro atoms. The number of aryl methyl sites for hydroxylation is 2. The van der Waals surface area contributed by atoms with E-state index in [9.17, 15) is 4.79 Å². The lowest BCUT2D eigenvalue weighted by atomic mass is 9.90. The highest BCUT2D eigenvalue weighted by atomic mass is 16.4. The maximum Gasteiger partial charge on any atom is 0.339 e. The summed E-state index contributed by atoms with van der Waals surface area (Å²) in [5.74, 6) is 0. The van der Waals surface area contributed by atoms with E-state index in [4.69, 9.17) is 10.2 Å². The lowest BCUT2D eigenvalue weighted by molar-refractivity contribution is 0.535. The van der Waals surface area contributed by atoms with E-state index in [0.29, 0.717) is 12.0 Å². The molecule has 2 N–H and O–H groups in total. The minimum Gasteiger partial charge on any atom is -0.422 e. The van der Waals surface area contributed by atoms with Crippen LogP contribution in [0.25, 0.3) is 11.0 Å². The first-order valence-corrected chi connectivity index (χ1v) is 8.25. The molecule has 116 valence electrons. The molecule has 1 aromatic carbocycles. The molecule has 4 heteroatoms. The van der Waals surface area contributed by atoms with Gasteiger partial charge < -0.3 is 15.1 Å². The molecule has 4 nitrogen and oxygen atoms in total. The fourth-order valence-corrected chi connectivity index (χ4v) is 3.98. The van der Waals surface area contributed by atoms with E-state index in [1.54, 1.807) is 0 Å². The molecule has 0 amide bonds. The van der Waals surface area contributed by atoms with Crippen molar-refractivity contribution in [2.45, 2.75) is 45.1 Å². The zero-order chi connectivity index (χ0) is 15.3. The number of benzene rings is 1. The summed E-state index contributed by atoms with van der Waals surface area (Å²) >= 11 is 0. The predicted octanol–water partition coefficient (Wildman–Crippen LogP) is 2.38. The molecule has 2 aliphatic heterocycles. The summed E-state index contributed by atoms with van der Waals surface area (Å²) in [6.45, 7) is 4.16. The molecule has 1 atom stereocenters. The summed E-state index contributed by atoms with van der Waals surface area (Å²) in [7, 11) is 0. The average molecular weight is 298 g/mol. The van der Waals surface area contributed by atoms with Crippen molar-refractivity contribution < 1.29 is 4.42 Å². The van der Waals surface area contributed by atoms with Crippen LogP contribution in [0.15, 0.2) is 21.3 Å². The maximum atomic E-state index is 12.3. The molecule has 0 saturated heterocycles. The third kappa shape index (κ3) is 2.13. The topological polar surface area (TPSA) is 59.5 Å². The van der Waals surface area contributed by atoms with Crippen molar-refractivity contribution in [3.63, 3.8) is 0 Å². The van der Waals surface area contributed by atoms with Crippen molar-refractivity contribution in [1.82, 2.24) is 0 Å². The van der Waals surface area contributed by atoms with Crippen molar-refractivity contribution in [3.8, 4) is 0 Å². The van der Waals surface area contributed by atoms with Crippen LogP contribution >= 0.6 is 0 Å². The highest BCUT2D eigenvalue weighted by Gasteiger charge is 2.27. The van der Waals surface area contributed by atoms with Crippen LogP contribution in [0.3, 0.4) is 0 Å². The molecule has 22 heavy (non-hydrogen) atoms. The summed E-state index contributed by atoms with van der Waals surface area (Å²) in [4.78, 5) is 14.7. The fraction of sp³-hybridized carbons (Fsp3) is 0.500. The van der Waals surface area contributed by atoms with Crippen molar-refractivity contribution in [1.29, 1.82) is 0 Å². The Kier molecular flexibility index (Phi) is 3.22. The van der Waals surface area contributed by atoms with Crippen molar-refractivity contribution >= 4 is 16.7 Å². The zero-order valence-corrected chi connectivity index (χ0v) is 13.0. The molecule has 0 bridgehead atoms. The Balaban J connectivity index is 1.96. The summed E-state index contributed by atoms with van der Waals surface area (Å²) in [6.07, 6.45) is 5.04. The third-order valence-electron chi connectivity index (χ3n) is 4.83. The van der Waals surface area contributed by atoms with Crippen LogP contribution in [-0.2, 0) is 19.3 Å². The van der Waals surface area contributed by atoms with Crippen molar-refractivity contribution in [3.05, 3.63) is 39.2 Å². The maximum absolute atomic E-state index is 12.3. The van der Waals surface area contributed by atoms with Crippen LogP contribution in [0.5, 0.6) is 0 Å². The first-order chi connectivity index (χ1) is 10.6. The van der Waals surface area contributed by atoms with Crippen LogP contribution in [0, 0.1) is 0 Å². The van der Waals surface area contributed by atoms with E-state index in [0.717, 1.165) is 43.3 Å². The van der Waals surface area contributed by atoms with Gasteiger partial charge in [0.05, 0.1) is 0 Å². The number of anilines is 1. The molecule has 0 saturated carbocycles. The van der Waals surface area contributed by atoms with Gasteiger partial charge in [-0.3, -0.25) is 0 Å². The van der Waals surface area contributed by atoms with Crippen LogP contribution < -0.4 is 16.3 Å². The SMILES string of the molecule is CC(N)Cc1cc2cc3c4c(c2oc1=O)CCCN4CCC3. The minimum atomic E-state index is -0.228. The fourth-order valence-electron chi connectivity index (χ4n) is 3.98. The first-order valence-electron chi connectivity index (χ1n) is 8.25. The van der Waals surface area contributed by atoms with Gasteiger partial charge in [0.25, 0.3) is 0 Å². The smallest absolute Gasteiger partial charge is 0.339 e. The largest absolute Gasteiger partial charge is 0.422 e. The molecule has 2 aliphatic rings. The monoisotopic (exact) mass is 298 g/mol. The standard InChI is InChI=1S/C18H22N2O2/c1-11(19)8-14-10-13-9-12-4-2-6-20-7-3-5-15(16(12)20)17(13)22-18(14)21/h9-11H,2-8,19H2,1H3. The molecular formula is C18H22N2O2. The second-order valence-corrected chi connectivity index (χ2v) is 6.72. The van der Waals surface area contributed by atoms with Crippen molar-refractivity contribution in [2.75, 3.05) is 18.0 Å². The Morgan fingerprint density at radius 1 is 1.27 bits per heavy atom. The quantitative estimate of drug-likeness (QED) is 0.865. The van der Waals surface area contributed by atoms with E-state index in [1.165, 1.54) is 23.2 Å². The highest BCUT2D eigenvalue weighted by molar-refractivity contribution is 5.88. The van der Waals surface area contributed by atoms with Gasteiger partial charge in [-0.25, -0.2) is 4.79 Å². The van der Waals surface area contributed by atoms with Crippen LogP contribution in [0.2, 0.25) is 0 Å². The average Bonchev–Trinajstić information content (AvgIpc) is 2.49. The molecule has 1 unspecified atom stereocenters. The second kappa shape index (κ2) is 5.13. The van der Waals surface area contributed by atoms with Crippen LogP contribution in [0.1, 0.15) is 36.5 Å². The van der Waals surface area contributed by atoms with E-state index in [2.05, 4.69) is 11.0 Å². The van der Waals surface area contributed by atoms with Gasteiger partial charge in [-0.1, -0.05) is 0 Å². The predicted molar refractivity (Wildman–Crippen MR) is 88.7 cm³/mol. The van der Waals surface area contributed by atoms with E-state index in [1.807, 2.05) is 13.0 Å². The van der Waals surface area contributed by atoms with Crippen molar-refractivity contribution in [2.24, 2.45) is 5.73 Å². The van der Waals surface area contributed by atoms with Gasteiger partial charge in [0, 0.05) is 41.3 Å². The zero-order valence-electron chi connectivity index (χ0n) is 13.0. The molecule has 0 radical (unpaired) electrons. The van der Waals surface area contributed by atoms with Gasteiger partial charge in [0.2, 0.25) is 0 Å². The van der Waals surface area contributed by atoms with Gasteiger partial charge in [-0.05, 0) is 56.7 Å². The summed E-state index contributed by atoms with van der Waals surface area (Å²) in [6, 6.07) is 4.18. The molecule has 1 aromatic heterocycles. The molecule has 2 aromatic rings. The Morgan fingerprint density at radius 2 is 2.05 bits per heavy atom. The van der Waals surface area contributed by atoms with E-state index < -0.39 is 0 Å². The summed E-state index contributed by atoms with van der Waals surface area (Å²) < 4.78 is 5.73. The number of rotatable bonds is 2. The minimum absolute atomic E-state index is 0.0353. The normalized spacial score (nSPS) is 18.4.